The van der Waals surface area contributed by atoms with Gasteiger partial charge in [-0.3, -0.25) is 0 Å². The van der Waals surface area contributed by atoms with Crippen LogP contribution in [0.2, 0.25) is 0 Å². The molecule has 0 amide bonds. The van der Waals surface area contributed by atoms with Crippen molar-refractivity contribution >= 4 is 0 Å². The van der Waals surface area contributed by atoms with E-state index in [-0.39, 0.29) is 37.8 Å². The zero-order chi connectivity index (χ0) is 22.1. The molecule has 0 spiro atoms. The van der Waals surface area contributed by atoms with Crippen LogP contribution in [-0.2, 0) is 4.74 Å². The molecule has 31 heavy (non-hydrogen) atoms. The topological polar surface area (TPSA) is 95.8 Å². The Labute approximate surface area is 181 Å². The molecule has 4 rings (SSSR count). The summed E-state index contributed by atoms with van der Waals surface area (Å²) in [5.41, 5.74) is 2.70. The molecule has 2 aromatic carbocycles. The number of aliphatic hydroxyl groups is 2. The Morgan fingerprint density at radius 1 is 0.806 bits per heavy atom. The SMILES string of the molecule is COc1cc([C@@H]2c3cc4c(cc3[C@H](OC)[C@@H](CO)[C@@H]2CO)OCO4)cc(OC)c1OC. The second-order valence-corrected chi connectivity index (χ2v) is 7.62. The number of hydrogen-bond acceptors (Lipinski definition) is 8. The highest BCUT2D eigenvalue weighted by atomic mass is 16.7. The van der Waals surface area contributed by atoms with Gasteiger partial charge in [0, 0.05) is 38.1 Å². The van der Waals surface area contributed by atoms with E-state index in [1.807, 2.05) is 24.3 Å². The number of ether oxygens (including phenoxy) is 6. The Morgan fingerprint density at radius 2 is 1.39 bits per heavy atom. The quantitative estimate of drug-likeness (QED) is 0.689. The van der Waals surface area contributed by atoms with Crippen LogP contribution in [0.25, 0.3) is 0 Å². The minimum Gasteiger partial charge on any atom is -0.493 e. The molecule has 0 radical (unpaired) electrons. The minimum atomic E-state index is -0.398. The Morgan fingerprint density at radius 3 is 1.87 bits per heavy atom. The van der Waals surface area contributed by atoms with Gasteiger partial charge in [0.1, 0.15) is 0 Å². The van der Waals surface area contributed by atoms with E-state index in [1.54, 1.807) is 28.4 Å². The predicted molar refractivity (Wildman–Crippen MR) is 111 cm³/mol. The lowest BCUT2D eigenvalue weighted by Gasteiger charge is -2.43. The van der Waals surface area contributed by atoms with Gasteiger partial charge in [0.25, 0.3) is 0 Å². The number of benzene rings is 2. The van der Waals surface area contributed by atoms with Gasteiger partial charge in [-0.15, -0.1) is 0 Å². The van der Waals surface area contributed by atoms with Crippen molar-refractivity contribution in [3.8, 4) is 28.7 Å². The van der Waals surface area contributed by atoms with Gasteiger partial charge in [0.05, 0.1) is 27.4 Å². The molecule has 0 fully saturated rings. The first-order chi connectivity index (χ1) is 15.1. The van der Waals surface area contributed by atoms with E-state index >= 15 is 0 Å². The third-order valence-corrected chi connectivity index (χ3v) is 6.31. The van der Waals surface area contributed by atoms with Crippen LogP contribution in [0.5, 0.6) is 28.7 Å². The highest BCUT2D eigenvalue weighted by Gasteiger charge is 2.44. The minimum absolute atomic E-state index is 0.139. The maximum Gasteiger partial charge on any atom is 0.231 e. The van der Waals surface area contributed by atoms with Crippen LogP contribution in [-0.4, -0.2) is 58.7 Å². The maximum absolute atomic E-state index is 10.4. The number of hydrogen-bond donors (Lipinski definition) is 2. The van der Waals surface area contributed by atoms with E-state index < -0.39 is 6.10 Å². The number of aliphatic hydroxyl groups excluding tert-OH is 2. The van der Waals surface area contributed by atoms with Crippen molar-refractivity contribution in [3.63, 3.8) is 0 Å². The fourth-order valence-corrected chi connectivity index (χ4v) is 4.90. The Bertz CT molecular complexity index is 918. The third kappa shape index (κ3) is 3.44. The molecular formula is C23H28O8. The molecule has 0 saturated heterocycles. The number of fused-ring (bicyclic) bond motifs is 2. The van der Waals surface area contributed by atoms with Crippen molar-refractivity contribution in [1.82, 2.24) is 0 Å². The molecule has 0 bridgehead atoms. The molecule has 4 atom stereocenters. The molecule has 8 nitrogen and oxygen atoms in total. The lowest BCUT2D eigenvalue weighted by molar-refractivity contribution is -0.0300. The van der Waals surface area contributed by atoms with Gasteiger partial charge >= 0.3 is 0 Å². The Balaban J connectivity index is 1.96. The molecule has 8 heteroatoms. The van der Waals surface area contributed by atoms with E-state index in [4.69, 9.17) is 28.4 Å². The van der Waals surface area contributed by atoms with E-state index in [0.717, 1.165) is 16.7 Å². The molecule has 0 saturated carbocycles. The molecule has 2 aromatic rings. The maximum atomic E-state index is 10.4. The molecule has 1 heterocycles. The van der Waals surface area contributed by atoms with Crippen molar-refractivity contribution in [1.29, 1.82) is 0 Å². The summed E-state index contributed by atoms with van der Waals surface area (Å²) >= 11 is 0. The zero-order valence-corrected chi connectivity index (χ0v) is 18.1. The smallest absolute Gasteiger partial charge is 0.231 e. The highest BCUT2D eigenvalue weighted by molar-refractivity contribution is 5.59. The van der Waals surface area contributed by atoms with Crippen LogP contribution < -0.4 is 23.7 Å². The standard InChI is InChI=1S/C23H28O8/c1-26-19-5-12(6-20(27-2)23(19)29-4)21-13-7-17-18(31-11-30-17)8-14(13)22(28-3)16(10-25)15(21)9-24/h5-8,15-16,21-22,24-25H,9-11H2,1-4H3/t15-,16-,21+,22-/m0/s1. The molecule has 2 N–H and O–H groups in total. The summed E-state index contributed by atoms with van der Waals surface area (Å²) in [6, 6.07) is 7.61. The van der Waals surface area contributed by atoms with Crippen LogP contribution in [0.3, 0.4) is 0 Å². The van der Waals surface area contributed by atoms with Crippen LogP contribution in [0.4, 0.5) is 0 Å². The van der Waals surface area contributed by atoms with Gasteiger partial charge < -0.3 is 38.6 Å². The summed E-state index contributed by atoms with van der Waals surface area (Å²) < 4.78 is 33.6. The summed E-state index contributed by atoms with van der Waals surface area (Å²) in [6.07, 6.45) is -0.398. The van der Waals surface area contributed by atoms with Gasteiger partial charge in [-0.2, -0.15) is 0 Å². The average Bonchev–Trinajstić information content (AvgIpc) is 3.27. The second-order valence-electron chi connectivity index (χ2n) is 7.62. The predicted octanol–water partition coefficient (Wildman–Crippen LogP) is 2.49. The van der Waals surface area contributed by atoms with Gasteiger partial charge in [0.15, 0.2) is 23.0 Å². The lowest BCUT2D eigenvalue weighted by atomic mass is 9.65. The first-order valence-corrected chi connectivity index (χ1v) is 10.1. The average molecular weight is 432 g/mol. The van der Waals surface area contributed by atoms with Crippen LogP contribution >= 0.6 is 0 Å². The summed E-state index contributed by atoms with van der Waals surface area (Å²) in [5, 5.41) is 20.6. The third-order valence-electron chi connectivity index (χ3n) is 6.31. The van der Waals surface area contributed by atoms with Crippen molar-refractivity contribution < 1.29 is 38.6 Å². The molecule has 168 valence electrons. The Hall–Kier alpha value is -2.68. The van der Waals surface area contributed by atoms with Crippen molar-refractivity contribution in [2.45, 2.75) is 12.0 Å². The zero-order valence-electron chi connectivity index (χ0n) is 18.1. The second kappa shape index (κ2) is 8.82. The normalized spacial score (nSPS) is 23.9. The molecular weight excluding hydrogens is 404 g/mol. The summed E-state index contributed by atoms with van der Waals surface area (Å²) in [7, 11) is 6.29. The molecule has 1 aliphatic carbocycles. The highest BCUT2D eigenvalue weighted by Crippen LogP contribution is 2.54. The molecule has 0 aromatic heterocycles. The monoisotopic (exact) mass is 432 g/mol. The van der Waals surface area contributed by atoms with Gasteiger partial charge in [-0.25, -0.2) is 0 Å². The van der Waals surface area contributed by atoms with Crippen molar-refractivity contribution in [3.05, 3.63) is 41.0 Å². The van der Waals surface area contributed by atoms with Crippen LogP contribution in [0, 0.1) is 11.8 Å². The fraction of sp³-hybridized carbons (Fsp3) is 0.478. The van der Waals surface area contributed by atoms with Gasteiger partial charge in [-0.05, 0) is 41.0 Å². The summed E-state index contributed by atoms with van der Waals surface area (Å²) in [6.45, 7) is -0.129. The number of methoxy groups -OCH3 is 4. The van der Waals surface area contributed by atoms with E-state index in [9.17, 15) is 10.2 Å². The lowest BCUT2D eigenvalue weighted by Crippen LogP contribution is -2.38. The van der Waals surface area contributed by atoms with Gasteiger partial charge in [0.2, 0.25) is 12.5 Å². The Kier molecular flexibility index (Phi) is 6.13. The largest absolute Gasteiger partial charge is 0.493 e. The first-order valence-electron chi connectivity index (χ1n) is 10.1. The van der Waals surface area contributed by atoms with E-state index in [2.05, 4.69) is 0 Å². The van der Waals surface area contributed by atoms with E-state index in [0.29, 0.717) is 28.7 Å². The van der Waals surface area contributed by atoms with Crippen LogP contribution in [0.15, 0.2) is 24.3 Å². The van der Waals surface area contributed by atoms with Gasteiger partial charge in [-0.1, -0.05) is 0 Å². The summed E-state index contributed by atoms with van der Waals surface area (Å²) in [5.74, 6) is 1.90. The van der Waals surface area contributed by atoms with Crippen molar-refractivity contribution in [2.24, 2.45) is 11.8 Å². The molecule has 0 unspecified atom stereocenters. The number of rotatable bonds is 7. The van der Waals surface area contributed by atoms with Crippen molar-refractivity contribution in [2.75, 3.05) is 48.4 Å². The first kappa shape index (κ1) is 21.5. The fourth-order valence-electron chi connectivity index (χ4n) is 4.90. The summed E-state index contributed by atoms with van der Waals surface area (Å²) in [4.78, 5) is 0. The molecule has 1 aliphatic heterocycles. The van der Waals surface area contributed by atoms with E-state index in [1.165, 1.54) is 0 Å². The van der Waals surface area contributed by atoms with Crippen LogP contribution in [0.1, 0.15) is 28.7 Å². The molecule has 2 aliphatic rings.